The van der Waals surface area contributed by atoms with E-state index in [2.05, 4.69) is 4.72 Å². The van der Waals surface area contributed by atoms with Crippen molar-refractivity contribution in [2.24, 2.45) is 0 Å². The van der Waals surface area contributed by atoms with E-state index < -0.39 is 21.8 Å². The summed E-state index contributed by atoms with van der Waals surface area (Å²) < 4.78 is 67.5. The first-order chi connectivity index (χ1) is 13.1. The highest BCUT2D eigenvalue weighted by molar-refractivity contribution is 7.92. The van der Waals surface area contributed by atoms with E-state index in [1.54, 1.807) is 12.1 Å². The molecule has 3 rings (SSSR count). The molecule has 2 aromatic rings. The van der Waals surface area contributed by atoms with Gasteiger partial charge in [0.05, 0.1) is 21.8 Å². The molecule has 4 nitrogen and oxygen atoms in total. The summed E-state index contributed by atoms with van der Waals surface area (Å²) in [5, 5.41) is 0. The molecule has 1 aliphatic heterocycles. The van der Waals surface area contributed by atoms with E-state index in [9.17, 15) is 21.6 Å². The number of alkyl halides is 3. The first-order valence-corrected chi connectivity index (χ1v) is 10.7. The number of benzene rings is 2. The highest BCUT2D eigenvalue weighted by Crippen LogP contribution is 2.37. The lowest BCUT2D eigenvalue weighted by Crippen LogP contribution is -2.22. The Morgan fingerprint density at radius 3 is 2.14 bits per heavy atom. The van der Waals surface area contributed by atoms with E-state index in [4.69, 9.17) is 0 Å². The van der Waals surface area contributed by atoms with Crippen LogP contribution in [0.5, 0.6) is 0 Å². The van der Waals surface area contributed by atoms with Crippen molar-refractivity contribution in [1.82, 2.24) is 0 Å². The van der Waals surface area contributed by atoms with E-state index in [1.165, 1.54) is 18.2 Å². The van der Waals surface area contributed by atoms with Crippen molar-refractivity contribution in [2.45, 2.75) is 43.7 Å². The average molecular weight is 412 g/mol. The van der Waals surface area contributed by atoms with Crippen molar-refractivity contribution in [2.75, 3.05) is 22.7 Å². The van der Waals surface area contributed by atoms with E-state index in [0.717, 1.165) is 30.5 Å². The second kappa shape index (κ2) is 7.66. The van der Waals surface area contributed by atoms with Crippen LogP contribution in [-0.2, 0) is 16.2 Å². The summed E-state index contributed by atoms with van der Waals surface area (Å²) in [4.78, 5) is 1.92. The smallest absolute Gasteiger partial charge is 0.370 e. The Morgan fingerprint density at radius 2 is 1.61 bits per heavy atom. The van der Waals surface area contributed by atoms with Crippen LogP contribution in [-0.4, -0.2) is 21.5 Å². The molecule has 28 heavy (non-hydrogen) atoms. The Morgan fingerprint density at radius 1 is 1.00 bits per heavy atom. The van der Waals surface area contributed by atoms with Gasteiger partial charge in [-0.3, -0.25) is 4.72 Å². The summed E-state index contributed by atoms with van der Waals surface area (Å²) in [5.74, 6) is 0.245. The predicted molar refractivity (Wildman–Crippen MR) is 104 cm³/mol. The standard InChI is InChI=1S/C20H23F3N2O2S/c1-14(2)15-5-8-17(9-6-15)28(26,27)24-18-13-16(20(21,22)23)7-10-19(18)25-11-3-4-12-25/h5-10,13-14,24H,3-4,11-12H2,1-2H3. The van der Waals surface area contributed by atoms with E-state index >= 15 is 0 Å². The lowest BCUT2D eigenvalue weighted by molar-refractivity contribution is -0.137. The number of nitrogens with one attached hydrogen (secondary N) is 1. The Hall–Kier alpha value is -2.22. The van der Waals surface area contributed by atoms with Crippen LogP contribution in [0.1, 0.15) is 43.7 Å². The molecule has 0 aliphatic carbocycles. The number of hydrogen-bond donors (Lipinski definition) is 1. The zero-order valence-electron chi connectivity index (χ0n) is 15.8. The van der Waals surface area contributed by atoms with Gasteiger partial charge < -0.3 is 4.90 Å². The minimum atomic E-state index is -4.55. The fourth-order valence-electron chi connectivity index (χ4n) is 3.26. The molecule has 0 unspecified atom stereocenters. The fraction of sp³-hybridized carbons (Fsp3) is 0.400. The highest BCUT2D eigenvalue weighted by atomic mass is 32.2. The highest BCUT2D eigenvalue weighted by Gasteiger charge is 2.32. The molecular formula is C20H23F3N2O2S. The van der Waals surface area contributed by atoms with Crippen molar-refractivity contribution >= 4 is 21.4 Å². The zero-order valence-corrected chi connectivity index (χ0v) is 16.6. The minimum Gasteiger partial charge on any atom is -0.370 e. The van der Waals surface area contributed by atoms with Gasteiger partial charge in [-0.15, -0.1) is 0 Å². The van der Waals surface area contributed by atoms with Gasteiger partial charge in [0.15, 0.2) is 0 Å². The second-order valence-corrected chi connectivity index (χ2v) is 8.94. The summed E-state index contributed by atoms with van der Waals surface area (Å²) in [6.07, 6.45) is -2.71. The number of hydrogen-bond acceptors (Lipinski definition) is 3. The third-order valence-corrected chi connectivity index (χ3v) is 6.25. The van der Waals surface area contributed by atoms with Gasteiger partial charge in [0.1, 0.15) is 0 Å². The molecule has 0 bridgehead atoms. The summed E-state index contributed by atoms with van der Waals surface area (Å²) in [6, 6.07) is 9.57. The molecule has 0 saturated carbocycles. The van der Waals surface area contributed by atoms with Gasteiger partial charge >= 0.3 is 6.18 Å². The molecule has 0 atom stereocenters. The maximum Gasteiger partial charge on any atom is 0.416 e. The minimum absolute atomic E-state index is 0.0154. The largest absolute Gasteiger partial charge is 0.416 e. The van der Waals surface area contributed by atoms with Crippen LogP contribution in [0.3, 0.4) is 0 Å². The van der Waals surface area contributed by atoms with Gasteiger partial charge in [-0.25, -0.2) is 8.42 Å². The molecule has 152 valence electrons. The second-order valence-electron chi connectivity index (χ2n) is 7.25. The Labute approximate surface area is 163 Å². The Balaban J connectivity index is 1.98. The molecule has 0 spiro atoms. The maximum absolute atomic E-state index is 13.2. The predicted octanol–water partition coefficient (Wildman–Crippen LogP) is 5.23. The number of rotatable bonds is 5. The lowest BCUT2D eigenvalue weighted by atomic mass is 10.0. The maximum atomic E-state index is 13.2. The van der Waals surface area contributed by atoms with Crippen molar-refractivity contribution in [3.8, 4) is 0 Å². The quantitative estimate of drug-likeness (QED) is 0.732. The van der Waals surface area contributed by atoms with Gasteiger partial charge in [-0.2, -0.15) is 13.2 Å². The number of sulfonamides is 1. The molecule has 0 radical (unpaired) electrons. The van der Waals surface area contributed by atoms with Gasteiger partial charge in [-0.1, -0.05) is 26.0 Å². The van der Waals surface area contributed by atoms with Gasteiger partial charge in [0.2, 0.25) is 0 Å². The van der Waals surface area contributed by atoms with Crippen LogP contribution in [0.15, 0.2) is 47.4 Å². The summed E-state index contributed by atoms with van der Waals surface area (Å²) in [5.41, 5.74) is 0.511. The van der Waals surface area contributed by atoms with Crippen LogP contribution in [0, 0.1) is 0 Å². The average Bonchev–Trinajstić information content (AvgIpc) is 3.15. The molecule has 0 aromatic heterocycles. The SMILES string of the molecule is CC(C)c1ccc(S(=O)(=O)Nc2cc(C(F)(F)F)ccc2N2CCCC2)cc1. The van der Waals surface area contributed by atoms with Crippen molar-refractivity contribution < 1.29 is 21.6 Å². The molecule has 0 amide bonds. The molecule has 1 N–H and O–H groups in total. The molecule has 1 aliphatic rings. The third-order valence-electron chi connectivity index (χ3n) is 4.87. The van der Waals surface area contributed by atoms with Gasteiger partial charge in [0.25, 0.3) is 10.0 Å². The van der Waals surface area contributed by atoms with Crippen LogP contribution >= 0.6 is 0 Å². The van der Waals surface area contributed by atoms with Crippen LogP contribution < -0.4 is 9.62 Å². The molecule has 8 heteroatoms. The molecule has 2 aromatic carbocycles. The molecule has 1 saturated heterocycles. The summed E-state index contributed by atoms with van der Waals surface area (Å²) >= 11 is 0. The first-order valence-electron chi connectivity index (χ1n) is 9.17. The van der Waals surface area contributed by atoms with Crippen LogP contribution in [0.4, 0.5) is 24.5 Å². The third kappa shape index (κ3) is 4.43. The Kier molecular flexibility index (Phi) is 5.61. The van der Waals surface area contributed by atoms with Crippen LogP contribution in [0.25, 0.3) is 0 Å². The molecule has 1 fully saturated rings. The summed E-state index contributed by atoms with van der Waals surface area (Å²) in [6.45, 7) is 5.35. The van der Waals surface area contributed by atoms with Crippen molar-refractivity contribution in [3.05, 3.63) is 53.6 Å². The van der Waals surface area contributed by atoms with Crippen molar-refractivity contribution in [3.63, 3.8) is 0 Å². The molecular weight excluding hydrogens is 389 g/mol. The van der Waals surface area contributed by atoms with E-state index in [-0.39, 0.29) is 16.5 Å². The Bertz CT molecular complexity index is 933. The number of anilines is 2. The zero-order chi connectivity index (χ0) is 20.5. The van der Waals surface area contributed by atoms with Gasteiger partial charge in [0, 0.05) is 13.1 Å². The van der Waals surface area contributed by atoms with Crippen LogP contribution in [0.2, 0.25) is 0 Å². The van der Waals surface area contributed by atoms with E-state index in [0.29, 0.717) is 18.8 Å². The van der Waals surface area contributed by atoms with E-state index in [1.807, 2.05) is 18.7 Å². The molecule has 1 heterocycles. The first kappa shape index (κ1) is 20.5. The topological polar surface area (TPSA) is 49.4 Å². The normalized spacial score (nSPS) is 15.3. The van der Waals surface area contributed by atoms with Crippen molar-refractivity contribution in [1.29, 1.82) is 0 Å². The summed E-state index contributed by atoms with van der Waals surface area (Å²) in [7, 11) is -4.01. The van der Waals surface area contributed by atoms with Gasteiger partial charge in [-0.05, 0) is 54.7 Å². The lowest BCUT2D eigenvalue weighted by Gasteiger charge is -2.23. The number of halogens is 3. The fourth-order valence-corrected chi connectivity index (χ4v) is 4.33. The monoisotopic (exact) mass is 412 g/mol. The number of nitrogens with zero attached hydrogens (tertiary/aromatic N) is 1.